The van der Waals surface area contributed by atoms with Crippen molar-refractivity contribution in [3.63, 3.8) is 0 Å². The van der Waals surface area contributed by atoms with E-state index in [-0.39, 0.29) is 29.0 Å². The largest absolute Gasteiger partial charge is 0.465 e. The fourth-order valence-electron chi connectivity index (χ4n) is 3.48. The summed E-state index contributed by atoms with van der Waals surface area (Å²) in [6.45, 7) is 0.352. The van der Waals surface area contributed by atoms with Gasteiger partial charge in [0.1, 0.15) is 0 Å². The number of carbonyl (C=O) groups is 2. The summed E-state index contributed by atoms with van der Waals surface area (Å²) in [7, 11) is 0. The van der Waals surface area contributed by atoms with E-state index in [1.54, 1.807) is 24.3 Å². The van der Waals surface area contributed by atoms with Crippen molar-refractivity contribution in [1.82, 2.24) is 10.2 Å². The van der Waals surface area contributed by atoms with Gasteiger partial charge in [-0.3, -0.25) is 4.79 Å². The molecule has 0 aliphatic carbocycles. The maximum Gasteiger partial charge on any atom is 0.416 e. The molecule has 0 spiro atoms. The van der Waals surface area contributed by atoms with E-state index in [9.17, 15) is 27.9 Å². The zero-order valence-electron chi connectivity index (χ0n) is 15.4. The van der Waals surface area contributed by atoms with Gasteiger partial charge < -0.3 is 15.3 Å². The minimum Gasteiger partial charge on any atom is -0.465 e. The van der Waals surface area contributed by atoms with E-state index in [2.05, 4.69) is 21.2 Å². The normalized spacial score (nSPS) is 19.4. The van der Waals surface area contributed by atoms with E-state index in [0.717, 1.165) is 17.7 Å². The van der Waals surface area contributed by atoms with E-state index in [0.29, 0.717) is 11.4 Å². The van der Waals surface area contributed by atoms with Crippen LogP contribution in [0.1, 0.15) is 33.8 Å². The first-order valence-electron chi connectivity index (χ1n) is 8.96. The lowest BCUT2D eigenvalue weighted by Gasteiger charge is -2.38. The van der Waals surface area contributed by atoms with E-state index >= 15 is 0 Å². The summed E-state index contributed by atoms with van der Waals surface area (Å²) < 4.78 is 39.4. The smallest absolute Gasteiger partial charge is 0.416 e. The second-order valence-electron chi connectivity index (χ2n) is 6.98. The van der Waals surface area contributed by atoms with Crippen LogP contribution in [0.2, 0.25) is 5.02 Å². The Bertz CT molecular complexity index is 953. The van der Waals surface area contributed by atoms with Gasteiger partial charge in [0.2, 0.25) is 0 Å². The number of rotatable bonds is 3. The minimum absolute atomic E-state index is 0.132. The molecule has 0 unspecified atom stereocenters. The molecular weight excluding hydrogens is 489 g/mol. The molecular formula is C20H17BrClF3N2O3. The third kappa shape index (κ3) is 5.26. The van der Waals surface area contributed by atoms with E-state index in [4.69, 9.17) is 11.6 Å². The number of halogens is 5. The quantitative estimate of drug-likeness (QED) is 0.588. The molecule has 0 aromatic heterocycles. The number of piperidine rings is 1. The van der Waals surface area contributed by atoms with Crippen molar-refractivity contribution in [3.8, 4) is 0 Å². The molecule has 160 valence electrons. The highest BCUT2D eigenvalue weighted by Gasteiger charge is 2.35. The molecule has 0 saturated carbocycles. The van der Waals surface area contributed by atoms with Crippen molar-refractivity contribution in [3.05, 3.63) is 68.7 Å². The lowest BCUT2D eigenvalue weighted by Crippen LogP contribution is -2.51. The zero-order valence-corrected chi connectivity index (χ0v) is 17.8. The van der Waals surface area contributed by atoms with Gasteiger partial charge in [0.25, 0.3) is 5.91 Å². The van der Waals surface area contributed by atoms with Gasteiger partial charge in [-0.15, -0.1) is 0 Å². The fourth-order valence-corrected chi connectivity index (χ4v) is 4.10. The van der Waals surface area contributed by atoms with E-state index in [1.807, 2.05) is 0 Å². The number of nitrogens with one attached hydrogen (secondary N) is 1. The third-order valence-corrected chi connectivity index (χ3v) is 5.70. The Labute approximate surface area is 183 Å². The number of benzene rings is 2. The Balaban J connectivity index is 1.86. The van der Waals surface area contributed by atoms with Crippen molar-refractivity contribution in [1.29, 1.82) is 0 Å². The predicted octanol–water partition coefficient (Wildman–Crippen LogP) is 5.39. The number of likely N-dealkylation sites (tertiary alicyclic amines) is 1. The van der Waals surface area contributed by atoms with Gasteiger partial charge in [0.05, 0.1) is 5.56 Å². The Morgan fingerprint density at radius 2 is 1.83 bits per heavy atom. The van der Waals surface area contributed by atoms with E-state index < -0.39 is 29.8 Å². The molecule has 0 radical (unpaired) electrons. The molecule has 2 aromatic rings. The van der Waals surface area contributed by atoms with E-state index in [1.165, 1.54) is 11.0 Å². The summed E-state index contributed by atoms with van der Waals surface area (Å²) in [4.78, 5) is 25.4. The molecule has 1 saturated heterocycles. The van der Waals surface area contributed by atoms with Gasteiger partial charge in [-0.1, -0.05) is 39.7 Å². The van der Waals surface area contributed by atoms with Crippen LogP contribution in [0.4, 0.5) is 18.0 Å². The highest BCUT2D eigenvalue weighted by molar-refractivity contribution is 9.10. The summed E-state index contributed by atoms with van der Waals surface area (Å²) in [6.07, 6.45) is -5.33. The van der Waals surface area contributed by atoms with Crippen LogP contribution in [0.15, 0.2) is 46.9 Å². The molecule has 3 rings (SSSR count). The van der Waals surface area contributed by atoms with Gasteiger partial charge in [0.15, 0.2) is 0 Å². The summed E-state index contributed by atoms with van der Waals surface area (Å²) in [5.74, 6) is -1.03. The number of carboxylic acid groups (broad SMARTS) is 1. The predicted molar refractivity (Wildman–Crippen MR) is 109 cm³/mol. The second kappa shape index (κ2) is 8.85. The highest BCUT2D eigenvalue weighted by Crippen LogP contribution is 2.33. The molecule has 5 nitrogen and oxygen atoms in total. The van der Waals surface area contributed by atoms with Crippen LogP contribution in [-0.2, 0) is 6.18 Å². The van der Waals surface area contributed by atoms with Gasteiger partial charge in [-0.05, 0) is 42.3 Å². The molecule has 2 aromatic carbocycles. The number of amides is 2. The van der Waals surface area contributed by atoms with Crippen LogP contribution in [0.3, 0.4) is 0 Å². The van der Waals surface area contributed by atoms with Gasteiger partial charge in [-0.2, -0.15) is 13.2 Å². The minimum atomic E-state index is -4.59. The average molecular weight is 506 g/mol. The molecule has 1 fully saturated rings. The molecule has 0 bridgehead atoms. The van der Waals surface area contributed by atoms with Crippen LogP contribution >= 0.6 is 27.5 Å². The lowest BCUT2D eigenvalue weighted by molar-refractivity contribution is -0.137. The van der Waals surface area contributed by atoms with Crippen LogP contribution in [-0.4, -0.2) is 41.1 Å². The van der Waals surface area contributed by atoms with Crippen molar-refractivity contribution < 1.29 is 27.9 Å². The first-order valence-corrected chi connectivity index (χ1v) is 10.1. The third-order valence-electron chi connectivity index (χ3n) is 4.99. The fraction of sp³-hybridized carbons (Fsp3) is 0.300. The van der Waals surface area contributed by atoms with Crippen LogP contribution in [0, 0.1) is 0 Å². The molecule has 2 atom stereocenters. The molecule has 1 aliphatic heterocycles. The summed E-state index contributed by atoms with van der Waals surface area (Å²) in [5.41, 5.74) is -0.287. The Hall–Kier alpha value is -2.26. The molecule has 2 N–H and O–H groups in total. The summed E-state index contributed by atoms with van der Waals surface area (Å²) in [5, 5.41) is 12.6. The Morgan fingerprint density at radius 1 is 1.17 bits per heavy atom. The summed E-state index contributed by atoms with van der Waals surface area (Å²) in [6, 6.07) is 9.38. The molecule has 10 heteroatoms. The Kier molecular flexibility index (Phi) is 6.62. The first kappa shape index (κ1) is 22.4. The number of carbonyl (C=O) groups excluding carboxylic acids is 1. The van der Waals surface area contributed by atoms with Crippen molar-refractivity contribution in [2.24, 2.45) is 0 Å². The standard InChI is InChI=1S/C20H17BrClF3N2O3/c21-14-8-12(7-13(9-14)20(23,24)25)18(28)26-17-5-6-27(19(29)30)10-16(17)11-1-3-15(22)4-2-11/h1-4,7-9,16-17H,5-6,10H2,(H,26,28)(H,29,30)/t16-,17+/m0/s1. The maximum absolute atomic E-state index is 13.1. The van der Waals surface area contributed by atoms with Crippen LogP contribution < -0.4 is 5.32 Å². The molecule has 1 aliphatic rings. The monoisotopic (exact) mass is 504 g/mol. The molecule has 2 amide bonds. The van der Waals surface area contributed by atoms with Crippen molar-refractivity contribution >= 4 is 39.5 Å². The zero-order chi connectivity index (χ0) is 22.1. The second-order valence-corrected chi connectivity index (χ2v) is 8.33. The van der Waals surface area contributed by atoms with Crippen molar-refractivity contribution in [2.75, 3.05) is 13.1 Å². The average Bonchev–Trinajstić information content (AvgIpc) is 2.67. The topological polar surface area (TPSA) is 69.6 Å². The number of alkyl halides is 3. The molecule has 1 heterocycles. The Morgan fingerprint density at radius 3 is 2.43 bits per heavy atom. The van der Waals surface area contributed by atoms with Crippen LogP contribution in [0.25, 0.3) is 0 Å². The maximum atomic E-state index is 13.1. The van der Waals surface area contributed by atoms with Gasteiger partial charge in [-0.25, -0.2) is 4.79 Å². The number of nitrogens with zero attached hydrogens (tertiary/aromatic N) is 1. The summed E-state index contributed by atoms with van der Waals surface area (Å²) >= 11 is 8.94. The van der Waals surface area contributed by atoms with Crippen LogP contribution in [0.5, 0.6) is 0 Å². The number of hydrogen-bond donors (Lipinski definition) is 2. The number of hydrogen-bond acceptors (Lipinski definition) is 2. The van der Waals surface area contributed by atoms with Gasteiger partial charge in [0, 0.05) is 40.1 Å². The lowest BCUT2D eigenvalue weighted by atomic mass is 9.86. The highest BCUT2D eigenvalue weighted by atomic mass is 79.9. The molecule has 30 heavy (non-hydrogen) atoms. The van der Waals surface area contributed by atoms with Crippen molar-refractivity contribution in [2.45, 2.75) is 24.6 Å². The first-order chi connectivity index (χ1) is 14.0. The SMILES string of the molecule is O=C(N[C@@H]1CCN(C(=O)O)C[C@H]1c1ccc(Cl)cc1)c1cc(Br)cc(C(F)(F)F)c1. The van der Waals surface area contributed by atoms with Gasteiger partial charge >= 0.3 is 12.3 Å².